The van der Waals surface area contributed by atoms with Gasteiger partial charge in [0.2, 0.25) is 0 Å². The van der Waals surface area contributed by atoms with Gasteiger partial charge in [-0.1, -0.05) is 30.0 Å². The number of allylic oxidation sites excluding steroid dienone is 1. The lowest BCUT2D eigenvalue weighted by atomic mass is 10.0. The molecule has 0 unspecified atom stereocenters. The Bertz CT molecular complexity index is 1340. The number of benzene rings is 3. The van der Waals surface area contributed by atoms with E-state index >= 15 is 0 Å². The highest BCUT2D eigenvalue weighted by Crippen LogP contribution is 2.19. The fourth-order valence-corrected chi connectivity index (χ4v) is 3.48. The van der Waals surface area contributed by atoms with Gasteiger partial charge in [0.1, 0.15) is 23.3 Å². The van der Waals surface area contributed by atoms with Crippen molar-refractivity contribution in [2.24, 2.45) is 0 Å². The maximum absolute atomic E-state index is 14.6. The van der Waals surface area contributed by atoms with E-state index in [1.807, 2.05) is 6.08 Å². The molecule has 0 aliphatic heterocycles. The second kappa shape index (κ2) is 10.1. The molecule has 4 rings (SSSR count). The van der Waals surface area contributed by atoms with Gasteiger partial charge in [0.05, 0.1) is 5.56 Å². The van der Waals surface area contributed by atoms with E-state index in [0.717, 1.165) is 29.2 Å². The Morgan fingerprint density at radius 2 is 1.45 bits per heavy atom. The summed E-state index contributed by atoms with van der Waals surface area (Å²) in [7, 11) is 0. The fraction of sp³-hybridized carbons (Fsp3) is 0.143. The van der Waals surface area contributed by atoms with E-state index in [0.29, 0.717) is 29.8 Å². The summed E-state index contributed by atoms with van der Waals surface area (Å²) in [6.45, 7) is 3.70. The molecule has 164 valence electrons. The summed E-state index contributed by atoms with van der Waals surface area (Å²) in [5, 5.41) is 1.54. The van der Waals surface area contributed by atoms with E-state index in [2.05, 4.69) is 28.4 Å². The molecule has 0 fully saturated rings. The first kappa shape index (κ1) is 22.3. The van der Waals surface area contributed by atoms with Crippen LogP contribution in [0, 0.1) is 29.3 Å². The molecule has 5 heteroatoms. The highest BCUT2D eigenvalue weighted by atomic mass is 19.1. The lowest BCUT2D eigenvalue weighted by Gasteiger charge is -2.05. The Hall–Kier alpha value is -3.91. The zero-order valence-electron chi connectivity index (χ0n) is 17.9. The molecular formula is C28H21F3N2. The molecule has 0 aliphatic rings. The van der Waals surface area contributed by atoms with Crippen LogP contribution < -0.4 is 0 Å². The quantitative estimate of drug-likeness (QED) is 0.257. The Labute approximate surface area is 190 Å². The molecule has 4 aromatic rings. The summed E-state index contributed by atoms with van der Waals surface area (Å²) < 4.78 is 42.5. The van der Waals surface area contributed by atoms with E-state index in [-0.39, 0.29) is 11.4 Å². The van der Waals surface area contributed by atoms with Crippen LogP contribution in [0.3, 0.4) is 0 Å². The third-order valence-electron chi connectivity index (χ3n) is 5.27. The highest BCUT2D eigenvalue weighted by molar-refractivity contribution is 5.84. The first-order valence-electron chi connectivity index (χ1n) is 10.6. The topological polar surface area (TPSA) is 25.8 Å². The van der Waals surface area contributed by atoms with Crippen LogP contribution in [0.25, 0.3) is 10.8 Å². The molecule has 3 aromatic carbocycles. The second-order valence-electron chi connectivity index (χ2n) is 7.73. The molecule has 0 spiro atoms. The molecule has 0 N–H and O–H groups in total. The van der Waals surface area contributed by atoms with Crippen LogP contribution in [0.15, 0.2) is 73.6 Å². The Morgan fingerprint density at radius 1 is 0.758 bits per heavy atom. The molecule has 0 bridgehead atoms. The van der Waals surface area contributed by atoms with Gasteiger partial charge in [-0.3, -0.25) is 0 Å². The molecule has 2 nitrogen and oxygen atoms in total. The average molecular weight is 442 g/mol. The highest BCUT2D eigenvalue weighted by Gasteiger charge is 2.10. The Balaban J connectivity index is 1.46. The maximum Gasteiger partial charge on any atom is 0.142 e. The van der Waals surface area contributed by atoms with Crippen LogP contribution in [0.4, 0.5) is 13.2 Å². The van der Waals surface area contributed by atoms with Crippen molar-refractivity contribution < 1.29 is 13.2 Å². The molecule has 33 heavy (non-hydrogen) atoms. The molecule has 0 saturated carbocycles. The summed E-state index contributed by atoms with van der Waals surface area (Å²) in [6, 6.07) is 12.2. The summed E-state index contributed by atoms with van der Waals surface area (Å²) in [5.74, 6) is 4.28. The molecule has 1 heterocycles. The van der Waals surface area contributed by atoms with Crippen molar-refractivity contribution in [3.05, 3.63) is 119 Å². The third-order valence-corrected chi connectivity index (χ3v) is 5.27. The smallest absolute Gasteiger partial charge is 0.142 e. The van der Waals surface area contributed by atoms with Crippen molar-refractivity contribution in [1.29, 1.82) is 0 Å². The number of aryl methyl sites for hydroxylation is 3. The Kier molecular flexibility index (Phi) is 6.85. The van der Waals surface area contributed by atoms with Gasteiger partial charge < -0.3 is 0 Å². The molecule has 1 aromatic heterocycles. The third kappa shape index (κ3) is 5.67. The van der Waals surface area contributed by atoms with E-state index in [9.17, 15) is 13.2 Å². The van der Waals surface area contributed by atoms with Gasteiger partial charge in [-0.05, 0) is 77.6 Å². The number of halogens is 3. The minimum Gasteiger partial charge on any atom is -0.241 e. The predicted octanol–water partition coefficient (Wildman–Crippen LogP) is 6.35. The summed E-state index contributed by atoms with van der Waals surface area (Å²) in [6.07, 6.45) is 7.97. The molecule has 0 atom stereocenters. The van der Waals surface area contributed by atoms with Gasteiger partial charge in [0.15, 0.2) is 0 Å². The van der Waals surface area contributed by atoms with E-state index < -0.39 is 11.6 Å². The zero-order chi connectivity index (χ0) is 23.2. The predicted molar refractivity (Wildman–Crippen MR) is 124 cm³/mol. The van der Waals surface area contributed by atoms with E-state index in [1.54, 1.807) is 36.7 Å². The van der Waals surface area contributed by atoms with Gasteiger partial charge in [0.25, 0.3) is 0 Å². The largest absolute Gasteiger partial charge is 0.241 e. The van der Waals surface area contributed by atoms with Crippen molar-refractivity contribution in [3.63, 3.8) is 0 Å². The number of fused-ring (bicyclic) bond motifs is 1. The minimum absolute atomic E-state index is 0.277. The molecule has 0 aliphatic carbocycles. The number of hydrogen-bond donors (Lipinski definition) is 0. The summed E-state index contributed by atoms with van der Waals surface area (Å²) in [4.78, 5) is 8.64. The zero-order valence-corrected chi connectivity index (χ0v) is 17.9. The van der Waals surface area contributed by atoms with Crippen molar-refractivity contribution in [2.75, 3.05) is 0 Å². The number of rotatable bonds is 6. The van der Waals surface area contributed by atoms with Crippen molar-refractivity contribution >= 4 is 10.8 Å². The normalized spacial score (nSPS) is 10.6. The van der Waals surface area contributed by atoms with Crippen molar-refractivity contribution in [1.82, 2.24) is 9.97 Å². The fourth-order valence-electron chi connectivity index (χ4n) is 3.48. The summed E-state index contributed by atoms with van der Waals surface area (Å²) >= 11 is 0. The van der Waals surface area contributed by atoms with Crippen LogP contribution in [0.1, 0.15) is 34.5 Å². The number of nitrogens with zero attached hydrogens (tertiary/aromatic N) is 2. The lowest BCUT2D eigenvalue weighted by Crippen LogP contribution is -2.01. The number of aromatic nitrogens is 2. The minimum atomic E-state index is -0.707. The lowest BCUT2D eigenvalue weighted by molar-refractivity contribution is 0.573. The monoisotopic (exact) mass is 442 g/mol. The average Bonchev–Trinajstić information content (AvgIpc) is 2.81. The van der Waals surface area contributed by atoms with Crippen molar-refractivity contribution in [2.45, 2.75) is 25.7 Å². The molecule has 0 radical (unpaired) electrons. The van der Waals surface area contributed by atoms with Crippen LogP contribution in [0.5, 0.6) is 0 Å². The summed E-state index contributed by atoms with van der Waals surface area (Å²) in [5.41, 5.74) is 1.85. The first-order valence-corrected chi connectivity index (χ1v) is 10.6. The standard InChI is InChI=1S/C28H21F3N2/c1-2-3-4-21-17-32-28(33-18-21)12-7-20-14-26(30)25(27(31)15-20)11-6-19-5-8-23-16-24(29)10-9-22(23)13-19/h2,5,8-10,13-18H,1,3-4,7,12H2. The SMILES string of the molecule is C=CCCc1cnc(CCc2cc(F)c(C#Cc3ccc4cc(F)ccc4c3)c(F)c2)nc1. The molecular weight excluding hydrogens is 421 g/mol. The van der Waals surface area contributed by atoms with Crippen LogP contribution in [0.2, 0.25) is 0 Å². The van der Waals surface area contributed by atoms with Crippen LogP contribution in [-0.2, 0) is 19.3 Å². The van der Waals surface area contributed by atoms with Crippen LogP contribution in [-0.4, -0.2) is 9.97 Å². The van der Waals surface area contributed by atoms with Gasteiger partial charge in [-0.15, -0.1) is 6.58 Å². The van der Waals surface area contributed by atoms with Crippen LogP contribution >= 0.6 is 0 Å². The van der Waals surface area contributed by atoms with Gasteiger partial charge in [0, 0.05) is 24.4 Å². The second-order valence-corrected chi connectivity index (χ2v) is 7.73. The number of hydrogen-bond acceptors (Lipinski definition) is 2. The maximum atomic E-state index is 14.6. The Morgan fingerprint density at radius 3 is 2.18 bits per heavy atom. The molecule has 0 amide bonds. The van der Waals surface area contributed by atoms with E-state index in [1.165, 1.54) is 24.3 Å². The van der Waals surface area contributed by atoms with Gasteiger partial charge >= 0.3 is 0 Å². The van der Waals surface area contributed by atoms with Crippen molar-refractivity contribution in [3.8, 4) is 11.8 Å². The molecule has 0 saturated heterocycles. The van der Waals surface area contributed by atoms with Gasteiger partial charge in [-0.25, -0.2) is 23.1 Å². The van der Waals surface area contributed by atoms with Gasteiger partial charge in [-0.2, -0.15) is 0 Å². The first-order chi connectivity index (χ1) is 16.0. The van der Waals surface area contributed by atoms with E-state index in [4.69, 9.17) is 0 Å².